The first-order valence-electron chi connectivity index (χ1n) is 7.42. The SMILES string of the molecule is COc1cc(C=C(C#N)c2nc(-c3cccc(Br)c3)cs2)cc(Br)c1O. The molecule has 0 aliphatic heterocycles. The van der Waals surface area contributed by atoms with E-state index in [2.05, 4.69) is 42.9 Å². The molecule has 2 aromatic carbocycles. The minimum atomic E-state index is 0.0225. The molecule has 1 aromatic heterocycles. The Labute approximate surface area is 171 Å². The summed E-state index contributed by atoms with van der Waals surface area (Å²) >= 11 is 8.15. The number of methoxy groups -OCH3 is 1. The maximum absolute atomic E-state index is 9.91. The lowest BCUT2D eigenvalue weighted by Gasteiger charge is -2.06. The minimum Gasteiger partial charge on any atom is -0.503 e. The van der Waals surface area contributed by atoms with Gasteiger partial charge >= 0.3 is 0 Å². The standard InChI is InChI=1S/C19H12Br2N2O2S/c1-25-17-7-11(6-15(21)18(17)24)5-13(9-22)19-23-16(10-26-19)12-3-2-4-14(20)8-12/h2-8,10,24H,1H3. The maximum atomic E-state index is 9.91. The van der Waals surface area contributed by atoms with E-state index < -0.39 is 0 Å². The van der Waals surface area contributed by atoms with Crippen molar-refractivity contribution < 1.29 is 9.84 Å². The molecule has 130 valence electrons. The van der Waals surface area contributed by atoms with Crippen LogP contribution in [0, 0.1) is 11.3 Å². The fourth-order valence-electron chi connectivity index (χ4n) is 2.32. The Morgan fingerprint density at radius 1 is 1.31 bits per heavy atom. The second kappa shape index (κ2) is 8.04. The smallest absolute Gasteiger partial charge is 0.172 e. The van der Waals surface area contributed by atoms with Crippen LogP contribution < -0.4 is 4.74 Å². The van der Waals surface area contributed by atoms with Crippen molar-refractivity contribution in [1.82, 2.24) is 4.98 Å². The third-order valence-corrected chi connectivity index (χ3v) is 5.53. The van der Waals surface area contributed by atoms with E-state index in [4.69, 9.17) is 4.74 Å². The number of aromatic hydroxyl groups is 1. The molecule has 0 saturated heterocycles. The molecule has 0 fully saturated rings. The number of nitrogens with zero attached hydrogens (tertiary/aromatic N) is 2. The highest BCUT2D eigenvalue weighted by atomic mass is 79.9. The fraction of sp³-hybridized carbons (Fsp3) is 0.0526. The van der Waals surface area contributed by atoms with Crippen LogP contribution in [0.15, 0.2) is 50.7 Å². The molecule has 0 spiro atoms. The average Bonchev–Trinajstić information content (AvgIpc) is 3.12. The Hall–Kier alpha value is -2.14. The van der Waals surface area contributed by atoms with Crippen LogP contribution in [0.25, 0.3) is 22.9 Å². The number of benzene rings is 2. The molecule has 0 atom stereocenters. The Bertz CT molecular complexity index is 1040. The van der Waals surface area contributed by atoms with Gasteiger partial charge in [-0.2, -0.15) is 5.26 Å². The molecule has 1 heterocycles. The van der Waals surface area contributed by atoms with Crippen LogP contribution >= 0.6 is 43.2 Å². The lowest BCUT2D eigenvalue weighted by molar-refractivity contribution is 0.372. The first-order valence-corrected chi connectivity index (χ1v) is 9.88. The fourth-order valence-corrected chi connectivity index (χ4v) is 3.97. The summed E-state index contributed by atoms with van der Waals surface area (Å²) < 4.78 is 6.62. The molecule has 4 nitrogen and oxygen atoms in total. The summed E-state index contributed by atoms with van der Waals surface area (Å²) in [7, 11) is 1.48. The van der Waals surface area contributed by atoms with E-state index in [1.54, 1.807) is 18.2 Å². The molecule has 0 bridgehead atoms. The number of rotatable bonds is 4. The molecule has 0 unspecified atom stereocenters. The van der Waals surface area contributed by atoms with Gasteiger partial charge in [0, 0.05) is 15.4 Å². The van der Waals surface area contributed by atoms with Crippen molar-refractivity contribution in [1.29, 1.82) is 5.26 Å². The Kier molecular flexibility index (Phi) is 5.77. The van der Waals surface area contributed by atoms with Gasteiger partial charge in [-0.15, -0.1) is 11.3 Å². The average molecular weight is 492 g/mol. The number of phenols is 1. The molecule has 1 N–H and O–H groups in total. The largest absolute Gasteiger partial charge is 0.503 e. The molecule has 0 saturated carbocycles. The summed E-state index contributed by atoms with van der Waals surface area (Å²) in [6.45, 7) is 0. The summed E-state index contributed by atoms with van der Waals surface area (Å²) in [6, 6.07) is 13.4. The zero-order chi connectivity index (χ0) is 18.7. The van der Waals surface area contributed by atoms with Crippen molar-refractivity contribution in [2.45, 2.75) is 0 Å². The normalized spacial score (nSPS) is 11.2. The van der Waals surface area contributed by atoms with Crippen LogP contribution in [0.2, 0.25) is 0 Å². The van der Waals surface area contributed by atoms with Gasteiger partial charge in [0.05, 0.1) is 22.8 Å². The van der Waals surface area contributed by atoms with Crippen molar-refractivity contribution in [3.05, 3.63) is 61.3 Å². The highest BCUT2D eigenvalue weighted by Gasteiger charge is 2.12. The monoisotopic (exact) mass is 490 g/mol. The van der Waals surface area contributed by atoms with Gasteiger partial charge in [0.1, 0.15) is 11.1 Å². The lowest BCUT2D eigenvalue weighted by Crippen LogP contribution is -1.87. The number of ether oxygens (including phenoxy) is 1. The molecule has 0 amide bonds. The van der Waals surface area contributed by atoms with Gasteiger partial charge in [0.2, 0.25) is 0 Å². The molecule has 0 aliphatic rings. The van der Waals surface area contributed by atoms with E-state index in [0.29, 0.717) is 20.8 Å². The van der Waals surface area contributed by atoms with Gasteiger partial charge in [-0.3, -0.25) is 0 Å². The number of allylic oxidation sites excluding steroid dienone is 1. The predicted octanol–water partition coefficient (Wildman–Crippen LogP) is 6.11. The maximum Gasteiger partial charge on any atom is 0.172 e. The van der Waals surface area contributed by atoms with Crippen molar-refractivity contribution in [3.8, 4) is 28.8 Å². The zero-order valence-electron chi connectivity index (χ0n) is 13.5. The number of halogens is 2. The van der Waals surface area contributed by atoms with E-state index in [1.807, 2.05) is 29.6 Å². The Morgan fingerprint density at radius 2 is 2.12 bits per heavy atom. The van der Waals surface area contributed by atoms with Crippen LogP contribution in [0.5, 0.6) is 11.5 Å². The highest BCUT2D eigenvalue weighted by molar-refractivity contribution is 9.10. The molecule has 26 heavy (non-hydrogen) atoms. The van der Waals surface area contributed by atoms with E-state index in [-0.39, 0.29) is 5.75 Å². The van der Waals surface area contributed by atoms with E-state index in [0.717, 1.165) is 21.3 Å². The van der Waals surface area contributed by atoms with Gasteiger partial charge in [-0.1, -0.05) is 28.1 Å². The van der Waals surface area contributed by atoms with Gasteiger partial charge in [0.15, 0.2) is 11.5 Å². The minimum absolute atomic E-state index is 0.0225. The summed E-state index contributed by atoms with van der Waals surface area (Å²) in [5, 5.41) is 22.0. The topological polar surface area (TPSA) is 66.1 Å². The van der Waals surface area contributed by atoms with Crippen molar-refractivity contribution >= 4 is 54.8 Å². The van der Waals surface area contributed by atoms with Crippen molar-refractivity contribution in [2.75, 3.05) is 7.11 Å². The molecule has 3 rings (SSSR count). The van der Waals surface area contributed by atoms with Gasteiger partial charge in [0.25, 0.3) is 0 Å². The summed E-state index contributed by atoms with van der Waals surface area (Å²) in [5.41, 5.74) is 2.96. The second-order valence-corrected chi connectivity index (χ2v) is 7.90. The Morgan fingerprint density at radius 3 is 2.81 bits per heavy atom. The summed E-state index contributed by atoms with van der Waals surface area (Å²) in [4.78, 5) is 4.59. The molecular formula is C19H12Br2N2O2S. The number of hydrogen-bond donors (Lipinski definition) is 1. The van der Waals surface area contributed by atoms with Crippen LogP contribution in [0.1, 0.15) is 10.6 Å². The van der Waals surface area contributed by atoms with Gasteiger partial charge < -0.3 is 9.84 Å². The van der Waals surface area contributed by atoms with E-state index >= 15 is 0 Å². The Balaban J connectivity index is 1.99. The molecule has 0 radical (unpaired) electrons. The first kappa shape index (κ1) is 18.6. The van der Waals surface area contributed by atoms with E-state index in [9.17, 15) is 10.4 Å². The van der Waals surface area contributed by atoms with Gasteiger partial charge in [-0.25, -0.2) is 4.98 Å². The van der Waals surface area contributed by atoms with Crippen molar-refractivity contribution in [2.24, 2.45) is 0 Å². The van der Waals surface area contributed by atoms with Crippen LogP contribution in [0.4, 0.5) is 0 Å². The number of thiazole rings is 1. The molecule has 7 heteroatoms. The van der Waals surface area contributed by atoms with Crippen LogP contribution in [0.3, 0.4) is 0 Å². The van der Waals surface area contributed by atoms with Crippen LogP contribution in [-0.4, -0.2) is 17.2 Å². The van der Waals surface area contributed by atoms with E-state index in [1.165, 1.54) is 18.4 Å². The van der Waals surface area contributed by atoms with Crippen molar-refractivity contribution in [3.63, 3.8) is 0 Å². The summed E-state index contributed by atoms with van der Waals surface area (Å²) in [5.74, 6) is 0.353. The first-order chi connectivity index (χ1) is 12.5. The second-order valence-electron chi connectivity index (χ2n) is 5.27. The van der Waals surface area contributed by atoms with Gasteiger partial charge in [-0.05, 0) is 51.8 Å². The third kappa shape index (κ3) is 3.98. The quantitative estimate of drug-likeness (QED) is 0.447. The molecule has 0 aliphatic carbocycles. The highest BCUT2D eigenvalue weighted by Crippen LogP contribution is 2.36. The predicted molar refractivity (Wildman–Crippen MR) is 111 cm³/mol. The molecule has 3 aromatic rings. The third-order valence-electron chi connectivity index (χ3n) is 3.56. The zero-order valence-corrected chi connectivity index (χ0v) is 17.5. The number of phenolic OH excluding ortho intramolecular Hbond substituents is 1. The van der Waals surface area contributed by atoms with Crippen LogP contribution in [-0.2, 0) is 0 Å². The molecular weight excluding hydrogens is 480 g/mol. The number of aromatic nitrogens is 1. The number of nitriles is 1. The number of hydrogen-bond acceptors (Lipinski definition) is 5. The lowest BCUT2D eigenvalue weighted by atomic mass is 10.1. The summed E-state index contributed by atoms with van der Waals surface area (Å²) in [6.07, 6.45) is 1.72.